The van der Waals surface area contributed by atoms with Crippen molar-refractivity contribution < 1.29 is 19.2 Å². The summed E-state index contributed by atoms with van der Waals surface area (Å²) in [5.41, 5.74) is 0. The second kappa shape index (κ2) is 5.21. The molecule has 0 aliphatic heterocycles. The molecule has 0 aromatic heterocycles. The minimum absolute atomic E-state index is 0.0229. The van der Waals surface area contributed by atoms with E-state index >= 15 is 0 Å². The molecular formula is C4H8NO4PS. The fraction of sp³-hybridized carbons (Fsp3) is 0.500. The van der Waals surface area contributed by atoms with Gasteiger partial charge in [-0.25, -0.2) is 9.59 Å². The molecule has 11 heavy (non-hydrogen) atoms. The fourth-order valence-corrected chi connectivity index (χ4v) is 0.677. The predicted molar refractivity (Wildman–Crippen MR) is 44.6 cm³/mol. The lowest BCUT2D eigenvalue weighted by Gasteiger charge is -2.09. The number of hydrogen-bond donors (Lipinski definition) is 3. The quantitative estimate of drug-likeness (QED) is 0.435. The third-order valence-electron chi connectivity index (χ3n) is 0.880. The standard InChI is InChI=1S/C4H8NO4PS/c6-3(7)2(1-11)5-4(8)9-10/h2,11H,1,10H2,(H,5,8)(H,6,7)/t2-/m0/s1. The first-order valence-corrected chi connectivity index (χ1v) is 3.73. The molecule has 2 N–H and O–H groups in total. The van der Waals surface area contributed by atoms with Crippen LogP contribution in [-0.2, 0) is 9.32 Å². The molecule has 7 heteroatoms. The highest BCUT2D eigenvalue weighted by molar-refractivity contribution is 7.80. The Bertz CT molecular complexity index is 164. The van der Waals surface area contributed by atoms with E-state index in [2.05, 4.69) is 22.5 Å². The van der Waals surface area contributed by atoms with Gasteiger partial charge in [0.25, 0.3) is 0 Å². The van der Waals surface area contributed by atoms with Gasteiger partial charge >= 0.3 is 12.1 Å². The Morgan fingerprint density at radius 1 is 1.73 bits per heavy atom. The molecule has 2 atom stereocenters. The molecule has 0 aliphatic carbocycles. The van der Waals surface area contributed by atoms with Crippen molar-refractivity contribution in [2.45, 2.75) is 6.04 Å². The second-order valence-electron chi connectivity index (χ2n) is 1.62. The maximum atomic E-state index is 10.4. The highest BCUT2D eigenvalue weighted by Crippen LogP contribution is 1.92. The van der Waals surface area contributed by atoms with Crippen molar-refractivity contribution in [1.82, 2.24) is 5.32 Å². The fourth-order valence-electron chi connectivity index (χ4n) is 0.362. The normalized spacial score (nSPS) is 11.8. The van der Waals surface area contributed by atoms with E-state index in [0.29, 0.717) is 0 Å². The van der Waals surface area contributed by atoms with Crippen molar-refractivity contribution in [1.29, 1.82) is 0 Å². The summed E-state index contributed by atoms with van der Waals surface area (Å²) in [6.45, 7) is 0. The summed E-state index contributed by atoms with van der Waals surface area (Å²) in [6, 6.07) is -1.01. The van der Waals surface area contributed by atoms with Gasteiger partial charge in [-0.05, 0) is 0 Å². The van der Waals surface area contributed by atoms with Gasteiger partial charge in [-0.3, -0.25) is 0 Å². The number of carbonyl (C=O) groups is 2. The molecule has 64 valence electrons. The molecule has 0 saturated carbocycles. The average Bonchev–Trinajstić information content (AvgIpc) is 1.99. The number of carbonyl (C=O) groups excluding carboxylic acids is 1. The summed E-state index contributed by atoms with van der Waals surface area (Å²) in [5, 5.41) is 10.4. The van der Waals surface area contributed by atoms with Gasteiger partial charge in [-0.15, -0.1) is 0 Å². The highest BCUT2D eigenvalue weighted by Gasteiger charge is 2.17. The smallest absolute Gasteiger partial charge is 0.410 e. The van der Waals surface area contributed by atoms with E-state index in [1.54, 1.807) is 9.47 Å². The minimum atomic E-state index is -1.14. The van der Waals surface area contributed by atoms with Crippen LogP contribution in [0.25, 0.3) is 0 Å². The summed E-state index contributed by atoms with van der Waals surface area (Å²) in [7, 11) is 1.71. The van der Waals surface area contributed by atoms with Crippen LogP contribution < -0.4 is 5.32 Å². The van der Waals surface area contributed by atoms with Crippen LogP contribution in [0.4, 0.5) is 4.79 Å². The number of amides is 1. The Labute approximate surface area is 71.2 Å². The number of hydrogen-bond acceptors (Lipinski definition) is 4. The van der Waals surface area contributed by atoms with Gasteiger partial charge in [-0.2, -0.15) is 12.6 Å². The molecule has 0 rings (SSSR count). The van der Waals surface area contributed by atoms with Crippen LogP contribution in [0.15, 0.2) is 0 Å². The van der Waals surface area contributed by atoms with Crippen LogP contribution in [0.1, 0.15) is 0 Å². The first-order valence-electron chi connectivity index (χ1n) is 2.62. The number of aliphatic carboxylic acids is 1. The summed E-state index contributed by atoms with van der Waals surface area (Å²) < 4.78 is 4.10. The van der Waals surface area contributed by atoms with E-state index in [1.807, 2.05) is 0 Å². The topological polar surface area (TPSA) is 75.6 Å². The van der Waals surface area contributed by atoms with E-state index in [9.17, 15) is 9.59 Å². The van der Waals surface area contributed by atoms with Gasteiger partial charge in [0.1, 0.15) is 6.04 Å². The molecule has 1 amide bonds. The van der Waals surface area contributed by atoms with Crippen LogP contribution >= 0.6 is 22.1 Å². The lowest BCUT2D eigenvalue weighted by atomic mass is 10.3. The van der Waals surface area contributed by atoms with Crippen LogP contribution in [-0.4, -0.2) is 29.0 Å². The van der Waals surface area contributed by atoms with Crippen molar-refractivity contribution in [2.75, 3.05) is 5.75 Å². The third kappa shape index (κ3) is 4.06. The molecule has 0 aliphatic rings. The molecule has 0 heterocycles. The second-order valence-corrected chi connectivity index (χ2v) is 2.22. The van der Waals surface area contributed by atoms with Crippen molar-refractivity contribution in [3.8, 4) is 0 Å². The number of carboxylic acids is 1. The number of nitrogens with one attached hydrogen (secondary N) is 1. The summed E-state index contributed by atoms with van der Waals surface area (Å²) in [6.07, 6.45) is -0.809. The van der Waals surface area contributed by atoms with E-state index in [-0.39, 0.29) is 5.75 Å². The monoisotopic (exact) mass is 197 g/mol. The lowest BCUT2D eigenvalue weighted by molar-refractivity contribution is -0.138. The van der Waals surface area contributed by atoms with Crippen molar-refractivity contribution in [3.63, 3.8) is 0 Å². The van der Waals surface area contributed by atoms with E-state index in [1.165, 1.54) is 0 Å². The number of rotatable bonds is 3. The van der Waals surface area contributed by atoms with E-state index in [4.69, 9.17) is 5.11 Å². The average molecular weight is 197 g/mol. The largest absolute Gasteiger partial charge is 0.480 e. The minimum Gasteiger partial charge on any atom is -0.480 e. The zero-order chi connectivity index (χ0) is 8.85. The van der Waals surface area contributed by atoms with Crippen molar-refractivity contribution in [3.05, 3.63) is 0 Å². The van der Waals surface area contributed by atoms with Crippen molar-refractivity contribution in [2.24, 2.45) is 0 Å². The summed E-state index contributed by atoms with van der Waals surface area (Å²) in [4.78, 5) is 20.7. The van der Waals surface area contributed by atoms with Gasteiger partial charge in [0, 0.05) is 5.75 Å². The summed E-state index contributed by atoms with van der Waals surface area (Å²) >= 11 is 3.71. The molecule has 0 aromatic carbocycles. The van der Waals surface area contributed by atoms with Gasteiger partial charge < -0.3 is 14.9 Å². The maximum Gasteiger partial charge on any atom is 0.410 e. The molecular weight excluding hydrogens is 189 g/mol. The number of carboxylic acid groups (broad SMARTS) is 1. The Balaban J connectivity index is 3.88. The zero-order valence-corrected chi connectivity index (χ0v) is 7.53. The molecule has 0 bridgehead atoms. The van der Waals surface area contributed by atoms with E-state index < -0.39 is 18.1 Å². The molecule has 0 aromatic rings. The Morgan fingerprint density at radius 3 is 2.55 bits per heavy atom. The van der Waals surface area contributed by atoms with Crippen LogP contribution in [0.3, 0.4) is 0 Å². The van der Waals surface area contributed by atoms with Gasteiger partial charge in [-0.1, -0.05) is 0 Å². The first kappa shape index (κ1) is 10.5. The molecule has 0 saturated heterocycles. The number of thiol groups is 1. The first-order chi connectivity index (χ1) is 5.11. The van der Waals surface area contributed by atoms with Crippen LogP contribution in [0.5, 0.6) is 0 Å². The molecule has 0 spiro atoms. The zero-order valence-electron chi connectivity index (χ0n) is 5.48. The van der Waals surface area contributed by atoms with Gasteiger partial charge in [0.2, 0.25) is 0 Å². The SMILES string of the molecule is O=C(N[C@@H](CS)C(=O)O)OP. The lowest BCUT2D eigenvalue weighted by Crippen LogP contribution is -2.41. The maximum absolute atomic E-state index is 10.4. The van der Waals surface area contributed by atoms with Crippen LogP contribution in [0, 0.1) is 0 Å². The Morgan fingerprint density at radius 2 is 2.27 bits per heavy atom. The van der Waals surface area contributed by atoms with E-state index in [0.717, 1.165) is 0 Å². The molecule has 1 unspecified atom stereocenters. The van der Waals surface area contributed by atoms with Crippen molar-refractivity contribution >= 4 is 34.2 Å². The molecule has 5 nitrogen and oxygen atoms in total. The highest BCUT2D eigenvalue weighted by atomic mass is 32.1. The van der Waals surface area contributed by atoms with Gasteiger partial charge in [0.05, 0.1) is 9.47 Å². The van der Waals surface area contributed by atoms with Crippen LogP contribution in [0.2, 0.25) is 0 Å². The van der Waals surface area contributed by atoms with Gasteiger partial charge in [0.15, 0.2) is 0 Å². The molecule has 0 fully saturated rings. The Hall–Kier alpha value is -0.480. The predicted octanol–water partition coefficient (Wildman–Crippen LogP) is -0.114. The molecule has 0 radical (unpaired) electrons. The summed E-state index contributed by atoms with van der Waals surface area (Å²) in [5.74, 6) is -1.12. The third-order valence-corrected chi connectivity index (χ3v) is 1.46. The Kier molecular flexibility index (Phi) is 4.98.